The Morgan fingerprint density at radius 2 is 0.818 bits per heavy atom. The predicted octanol–water partition coefficient (Wildman–Crippen LogP) is 11.2. The normalized spacial score (nSPS) is 18.0. The number of hydrogen-bond acceptors (Lipinski definition) is 0. The molecule has 0 radical (unpaired) electrons. The molecule has 0 aliphatic rings. The lowest BCUT2D eigenvalue weighted by Gasteiger charge is -2.10. The van der Waals surface area contributed by atoms with Gasteiger partial charge in [-0.05, 0) is 82.7 Å². The lowest BCUT2D eigenvalue weighted by molar-refractivity contribution is 1.18. The number of hydrogen-bond donors (Lipinski definition) is 0. The summed E-state index contributed by atoms with van der Waals surface area (Å²) in [7, 11) is 0. The van der Waals surface area contributed by atoms with Crippen LogP contribution in [0.25, 0.3) is 77.2 Å². The van der Waals surface area contributed by atoms with Gasteiger partial charge in [0.2, 0.25) is 0 Å². The standard InChI is InChI=1S/C42H28N2/c1-3-11-29(12-4-1)30-19-23-34(24-20-30)44-40-18-10-8-16-36(40)38-28-32(22-26-42(38)44)31-21-25-41-37(27-31)35-15-7-9-17-39(35)43(41)33-13-5-2-6-14-33/h1-28H/i1D,2D,7D,8D,9D,10D,11D,12D,13D,14D,15D,16D,17D,18D,21D,22D,25D,26D,27D,28D. The third kappa shape index (κ3) is 3.82. The second-order valence-electron chi connectivity index (χ2n) is 9.82. The van der Waals surface area contributed by atoms with Gasteiger partial charge in [0.25, 0.3) is 0 Å². The Morgan fingerprint density at radius 1 is 0.341 bits per heavy atom. The van der Waals surface area contributed by atoms with Crippen LogP contribution in [0.2, 0.25) is 0 Å². The maximum absolute atomic E-state index is 9.72. The zero-order valence-corrected chi connectivity index (χ0v) is 22.5. The maximum Gasteiger partial charge on any atom is 0.0645 e. The Hall–Kier alpha value is -5.86. The number of rotatable bonds is 4. The van der Waals surface area contributed by atoms with Crippen molar-refractivity contribution in [3.63, 3.8) is 0 Å². The fourth-order valence-electron chi connectivity index (χ4n) is 5.45. The molecule has 0 aliphatic carbocycles. The van der Waals surface area contributed by atoms with Gasteiger partial charge in [0.05, 0.1) is 49.5 Å². The summed E-state index contributed by atoms with van der Waals surface area (Å²) in [5, 5.41) is -1.19. The van der Waals surface area contributed by atoms with E-state index < -0.39 is 108 Å². The van der Waals surface area contributed by atoms with E-state index >= 15 is 0 Å². The fraction of sp³-hybridized carbons (Fsp3) is 0. The molecular formula is C42H28N2. The minimum Gasteiger partial charge on any atom is -0.309 e. The molecule has 2 heterocycles. The van der Waals surface area contributed by atoms with Gasteiger partial charge in [-0.25, -0.2) is 0 Å². The number of fused-ring (bicyclic) bond motifs is 6. The van der Waals surface area contributed by atoms with Crippen molar-refractivity contribution in [1.29, 1.82) is 0 Å². The number of benzene rings is 7. The SMILES string of the molecule is [2H]c1cc([2H])c(-c2ccc(-n3c4c([2H])c([2H])c([2H])c([2H])c4c4c([2H])c(-c5c([2H])c([2H])c6c(c5[2H])c5c([2H])c([2H])c([2H])c([2H])c5n6-c5c([2H])cc([2H])cc5[2H])c([2H])c([2H])c43)cc2)c([2H])c1. The van der Waals surface area contributed by atoms with Crippen molar-refractivity contribution >= 4 is 43.6 Å². The van der Waals surface area contributed by atoms with E-state index in [1.165, 1.54) is 28.8 Å². The van der Waals surface area contributed by atoms with Crippen molar-refractivity contribution < 1.29 is 27.4 Å². The molecule has 0 saturated carbocycles. The summed E-state index contributed by atoms with van der Waals surface area (Å²) < 4.78 is 180. The van der Waals surface area contributed by atoms with E-state index in [1.54, 1.807) is 12.1 Å². The van der Waals surface area contributed by atoms with Crippen molar-refractivity contribution in [2.75, 3.05) is 0 Å². The maximum atomic E-state index is 9.72. The third-order valence-electron chi connectivity index (χ3n) is 7.39. The van der Waals surface area contributed by atoms with E-state index in [2.05, 4.69) is 0 Å². The van der Waals surface area contributed by atoms with E-state index in [9.17, 15) is 8.22 Å². The van der Waals surface area contributed by atoms with Crippen LogP contribution in [0.1, 0.15) is 27.4 Å². The number of nitrogens with zero attached hydrogens (tertiary/aromatic N) is 2. The molecule has 2 nitrogen and oxygen atoms in total. The lowest BCUT2D eigenvalue weighted by atomic mass is 10.0. The van der Waals surface area contributed by atoms with E-state index in [-0.39, 0.29) is 84.7 Å². The zero-order chi connectivity index (χ0) is 46.4. The summed E-state index contributed by atoms with van der Waals surface area (Å²) in [6.45, 7) is 0. The predicted molar refractivity (Wildman–Crippen MR) is 186 cm³/mol. The second kappa shape index (κ2) is 9.86. The molecule has 0 saturated heterocycles. The highest BCUT2D eigenvalue weighted by atomic mass is 15.0. The Labute approximate surface area is 283 Å². The fourth-order valence-corrected chi connectivity index (χ4v) is 5.45. The van der Waals surface area contributed by atoms with Crippen molar-refractivity contribution in [2.24, 2.45) is 0 Å². The van der Waals surface area contributed by atoms with Gasteiger partial charge in [0.1, 0.15) is 0 Å². The van der Waals surface area contributed by atoms with Gasteiger partial charge in [-0.2, -0.15) is 0 Å². The molecule has 0 fully saturated rings. The van der Waals surface area contributed by atoms with Crippen LogP contribution in [0.4, 0.5) is 0 Å². The molecule has 0 atom stereocenters. The third-order valence-corrected chi connectivity index (χ3v) is 7.39. The molecular weight excluding hydrogens is 532 g/mol. The molecule has 2 heteroatoms. The summed E-state index contributed by atoms with van der Waals surface area (Å²) in [5.74, 6) is 0. The average molecular weight is 581 g/mol. The molecule has 0 unspecified atom stereocenters. The van der Waals surface area contributed by atoms with E-state index in [1.807, 2.05) is 0 Å². The Bertz CT molecular complexity index is 3560. The highest BCUT2D eigenvalue weighted by molar-refractivity contribution is 6.12. The molecule has 9 rings (SSSR count). The first-order valence-corrected chi connectivity index (χ1v) is 13.5. The van der Waals surface area contributed by atoms with E-state index in [0.29, 0.717) is 5.56 Å². The van der Waals surface area contributed by atoms with Crippen LogP contribution in [0.3, 0.4) is 0 Å². The Kier molecular flexibility index (Phi) is 2.70. The van der Waals surface area contributed by atoms with Crippen LogP contribution in [0.15, 0.2) is 169 Å². The van der Waals surface area contributed by atoms with Crippen molar-refractivity contribution in [3.8, 4) is 33.6 Å². The van der Waals surface area contributed by atoms with Crippen LogP contribution in [-0.2, 0) is 0 Å². The highest BCUT2D eigenvalue weighted by Crippen LogP contribution is 2.38. The van der Waals surface area contributed by atoms with Gasteiger partial charge in [0.15, 0.2) is 0 Å². The van der Waals surface area contributed by atoms with Crippen LogP contribution in [0.5, 0.6) is 0 Å². The van der Waals surface area contributed by atoms with E-state index in [0.717, 1.165) is 16.7 Å². The van der Waals surface area contributed by atoms with Crippen LogP contribution < -0.4 is 0 Å². The van der Waals surface area contributed by atoms with Crippen LogP contribution in [0, 0.1) is 0 Å². The molecule has 9 aromatic rings. The number of para-hydroxylation sites is 3. The largest absolute Gasteiger partial charge is 0.309 e. The quantitative estimate of drug-likeness (QED) is 0.196. The van der Waals surface area contributed by atoms with Gasteiger partial charge < -0.3 is 9.13 Å². The summed E-state index contributed by atoms with van der Waals surface area (Å²) in [6, 6.07) is -0.00204. The molecule has 0 bridgehead atoms. The first-order valence-electron chi connectivity index (χ1n) is 23.5. The average Bonchev–Trinajstić information content (AvgIpc) is 3.78. The summed E-state index contributed by atoms with van der Waals surface area (Å²) in [5.41, 5.74) is -1.73. The molecule has 0 N–H and O–H groups in total. The Balaban J connectivity index is 1.43. The molecule has 0 spiro atoms. The smallest absolute Gasteiger partial charge is 0.0645 e. The molecule has 7 aromatic carbocycles. The highest BCUT2D eigenvalue weighted by Gasteiger charge is 2.16. The van der Waals surface area contributed by atoms with E-state index in [4.69, 9.17) is 19.2 Å². The monoisotopic (exact) mass is 580 g/mol. The van der Waals surface area contributed by atoms with Gasteiger partial charge in [-0.1, -0.05) is 109 Å². The second-order valence-corrected chi connectivity index (χ2v) is 9.82. The van der Waals surface area contributed by atoms with Gasteiger partial charge in [-0.3, -0.25) is 0 Å². The van der Waals surface area contributed by atoms with Gasteiger partial charge in [0, 0.05) is 32.9 Å². The molecule has 206 valence electrons. The minimum atomic E-state index is -0.796. The lowest BCUT2D eigenvalue weighted by Crippen LogP contribution is -1.93. The van der Waals surface area contributed by atoms with Crippen molar-refractivity contribution in [3.05, 3.63) is 169 Å². The molecule has 0 aliphatic heterocycles. The number of aromatic nitrogens is 2. The topological polar surface area (TPSA) is 9.86 Å². The van der Waals surface area contributed by atoms with Crippen LogP contribution >= 0.6 is 0 Å². The van der Waals surface area contributed by atoms with Crippen molar-refractivity contribution in [1.82, 2.24) is 9.13 Å². The van der Waals surface area contributed by atoms with Gasteiger partial charge >= 0.3 is 0 Å². The van der Waals surface area contributed by atoms with Crippen molar-refractivity contribution in [2.45, 2.75) is 0 Å². The Morgan fingerprint density at radius 3 is 1.39 bits per heavy atom. The summed E-state index contributed by atoms with van der Waals surface area (Å²) in [4.78, 5) is 0. The van der Waals surface area contributed by atoms with Gasteiger partial charge in [-0.15, -0.1) is 0 Å². The molecule has 2 aromatic heterocycles. The first-order chi connectivity index (χ1) is 30.1. The summed E-state index contributed by atoms with van der Waals surface area (Å²) in [6.07, 6.45) is 0. The first kappa shape index (κ1) is 12.0. The zero-order valence-electron chi connectivity index (χ0n) is 42.5. The summed E-state index contributed by atoms with van der Waals surface area (Å²) >= 11 is 0. The molecule has 44 heavy (non-hydrogen) atoms. The van der Waals surface area contributed by atoms with Crippen LogP contribution in [-0.4, -0.2) is 9.13 Å². The molecule has 0 amide bonds. The minimum absolute atomic E-state index is 0.0234.